The number of hydrogen-bond acceptors (Lipinski definition) is 4. The third kappa shape index (κ3) is 3.25. The van der Waals surface area contributed by atoms with Crippen LogP contribution in [-0.4, -0.2) is 57.8 Å². The van der Waals surface area contributed by atoms with Crippen LogP contribution in [0.4, 0.5) is 0 Å². The number of aromatic nitrogens is 3. The van der Waals surface area contributed by atoms with Gasteiger partial charge in [0, 0.05) is 24.0 Å². The first-order valence-electron chi connectivity index (χ1n) is 9.87. The summed E-state index contributed by atoms with van der Waals surface area (Å²) in [6, 6.07) is 14.3. The predicted octanol–water partition coefficient (Wildman–Crippen LogP) is 3.68. The monoisotopic (exact) mass is 376 g/mol. The predicted molar refractivity (Wildman–Crippen MR) is 111 cm³/mol. The molecule has 5 rings (SSSR count). The maximum Gasteiger partial charge on any atom is 0.200 e. The fourth-order valence-corrected chi connectivity index (χ4v) is 4.03. The molecule has 1 aliphatic heterocycles. The van der Waals surface area contributed by atoms with Crippen LogP contribution in [0.15, 0.2) is 42.5 Å². The van der Waals surface area contributed by atoms with Crippen LogP contribution in [0.3, 0.4) is 0 Å². The molecule has 6 heteroatoms. The topological polar surface area (TPSA) is 77.2 Å². The molecule has 6 nitrogen and oxygen atoms in total. The molecule has 0 radical (unpaired) electrons. The van der Waals surface area contributed by atoms with Gasteiger partial charge in [-0.25, -0.2) is 4.98 Å². The molecule has 3 N–H and O–H groups in total. The molecule has 3 heterocycles. The van der Waals surface area contributed by atoms with Gasteiger partial charge in [-0.15, -0.1) is 0 Å². The van der Waals surface area contributed by atoms with E-state index >= 15 is 0 Å². The normalized spacial score (nSPS) is 15.6. The molecule has 2 aromatic heterocycles. The molecule has 0 bridgehead atoms. The van der Waals surface area contributed by atoms with E-state index in [9.17, 15) is 5.11 Å². The van der Waals surface area contributed by atoms with E-state index in [1.807, 2.05) is 24.3 Å². The number of rotatable bonds is 5. The zero-order valence-electron chi connectivity index (χ0n) is 15.7. The van der Waals surface area contributed by atoms with Gasteiger partial charge in [-0.3, -0.25) is 4.90 Å². The Hall–Kier alpha value is -2.83. The minimum absolute atomic E-state index is 0.144. The first-order valence-corrected chi connectivity index (χ1v) is 9.87. The Bertz CT molecular complexity index is 1110. The SMILES string of the molecule is Oc1[nH]c2ccccc2c1-c1nc2ccc(CCCN3CCOCC3)cc2[nH]1. The van der Waals surface area contributed by atoms with Crippen molar-refractivity contribution in [3.05, 3.63) is 48.0 Å². The number of para-hydroxylation sites is 1. The summed E-state index contributed by atoms with van der Waals surface area (Å²) < 4.78 is 5.41. The number of aromatic amines is 2. The molecular formula is C22H24N4O2. The van der Waals surface area contributed by atoms with Crippen molar-refractivity contribution in [3.8, 4) is 17.3 Å². The summed E-state index contributed by atoms with van der Waals surface area (Å²) in [5, 5.41) is 11.3. The van der Waals surface area contributed by atoms with Crippen molar-refractivity contribution >= 4 is 21.9 Å². The number of imidazole rings is 1. The number of benzene rings is 2. The molecule has 0 aliphatic carbocycles. The quantitative estimate of drug-likeness (QED) is 0.497. The van der Waals surface area contributed by atoms with E-state index in [0.717, 1.165) is 73.2 Å². The fraction of sp³-hybridized carbons (Fsp3) is 0.318. The Morgan fingerprint density at radius 2 is 1.89 bits per heavy atom. The van der Waals surface area contributed by atoms with Crippen molar-refractivity contribution in [2.75, 3.05) is 32.8 Å². The van der Waals surface area contributed by atoms with Gasteiger partial charge in [0.05, 0.1) is 29.8 Å². The number of fused-ring (bicyclic) bond motifs is 2. The minimum atomic E-state index is 0.144. The second kappa shape index (κ2) is 7.30. The van der Waals surface area contributed by atoms with E-state index in [1.54, 1.807) is 0 Å². The third-order valence-corrected chi connectivity index (χ3v) is 5.51. The largest absolute Gasteiger partial charge is 0.494 e. The van der Waals surface area contributed by atoms with Gasteiger partial charge in [-0.1, -0.05) is 24.3 Å². The molecule has 28 heavy (non-hydrogen) atoms. The highest BCUT2D eigenvalue weighted by atomic mass is 16.5. The van der Waals surface area contributed by atoms with Crippen molar-refractivity contribution in [2.24, 2.45) is 0 Å². The van der Waals surface area contributed by atoms with Crippen LogP contribution in [0.1, 0.15) is 12.0 Å². The van der Waals surface area contributed by atoms with Crippen molar-refractivity contribution in [2.45, 2.75) is 12.8 Å². The molecule has 2 aromatic carbocycles. The Kier molecular flexibility index (Phi) is 4.50. The van der Waals surface area contributed by atoms with Crippen LogP contribution in [0.5, 0.6) is 5.88 Å². The summed E-state index contributed by atoms with van der Waals surface area (Å²) in [7, 11) is 0. The highest BCUT2D eigenvalue weighted by Crippen LogP contribution is 2.35. The Morgan fingerprint density at radius 1 is 1.04 bits per heavy atom. The van der Waals surface area contributed by atoms with Gasteiger partial charge in [0.1, 0.15) is 5.82 Å². The number of morpholine rings is 1. The smallest absolute Gasteiger partial charge is 0.200 e. The lowest BCUT2D eigenvalue weighted by Gasteiger charge is -2.26. The molecule has 0 saturated carbocycles. The van der Waals surface area contributed by atoms with Crippen LogP contribution >= 0.6 is 0 Å². The molecular weight excluding hydrogens is 352 g/mol. The molecule has 1 aliphatic rings. The number of nitrogens with zero attached hydrogens (tertiary/aromatic N) is 2. The lowest BCUT2D eigenvalue weighted by molar-refractivity contribution is 0.0375. The van der Waals surface area contributed by atoms with Gasteiger partial charge >= 0.3 is 0 Å². The summed E-state index contributed by atoms with van der Waals surface area (Å²) in [5.41, 5.74) is 4.85. The maximum atomic E-state index is 10.4. The summed E-state index contributed by atoms with van der Waals surface area (Å²) >= 11 is 0. The van der Waals surface area contributed by atoms with E-state index in [2.05, 4.69) is 33.1 Å². The molecule has 0 unspecified atom stereocenters. The van der Waals surface area contributed by atoms with Crippen LogP contribution in [-0.2, 0) is 11.2 Å². The van der Waals surface area contributed by atoms with Crippen LogP contribution in [0.2, 0.25) is 0 Å². The highest BCUT2D eigenvalue weighted by molar-refractivity contribution is 5.98. The average Bonchev–Trinajstić information content (AvgIpc) is 3.27. The molecule has 0 spiro atoms. The van der Waals surface area contributed by atoms with E-state index < -0.39 is 0 Å². The zero-order chi connectivity index (χ0) is 18.9. The Balaban J connectivity index is 1.37. The first-order chi connectivity index (χ1) is 13.8. The highest BCUT2D eigenvalue weighted by Gasteiger charge is 2.16. The molecule has 1 fully saturated rings. The maximum absolute atomic E-state index is 10.4. The van der Waals surface area contributed by atoms with E-state index in [4.69, 9.17) is 9.72 Å². The molecule has 1 saturated heterocycles. The van der Waals surface area contributed by atoms with Gasteiger partial charge in [0.25, 0.3) is 0 Å². The van der Waals surface area contributed by atoms with Crippen LogP contribution in [0, 0.1) is 0 Å². The van der Waals surface area contributed by atoms with Gasteiger partial charge in [0.2, 0.25) is 5.88 Å². The van der Waals surface area contributed by atoms with E-state index in [0.29, 0.717) is 5.82 Å². The van der Waals surface area contributed by atoms with Crippen molar-refractivity contribution in [1.82, 2.24) is 19.9 Å². The van der Waals surface area contributed by atoms with E-state index in [1.165, 1.54) is 5.56 Å². The lowest BCUT2D eigenvalue weighted by atomic mass is 10.1. The standard InChI is InChI=1S/C22H24N4O2/c27-22-20(16-5-1-2-6-17(16)25-22)21-23-18-8-7-15(14-19(18)24-21)4-3-9-26-10-12-28-13-11-26/h1-2,5-8,14,25,27H,3-4,9-13H2,(H,23,24). The Labute approximate surface area is 163 Å². The second-order valence-electron chi connectivity index (χ2n) is 7.39. The van der Waals surface area contributed by atoms with Crippen molar-refractivity contribution in [1.29, 1.82) is 0 Å². The molecule has 4 aromatic rings. The van der Waals surface area contributed by atoms with Gasteiger partial charge in [-0.05, 0) is 43.1 Å². The molecule has 0 atom stereocenters. The summed E-state index contributed by atoms with van der Waals surface area (Å²) in [5.74, 6) is 0.835. The number of nitrogens with one attached hydrogen (secondary N) is 2. The first kappa shape index (κ1) is 17.3. The van der Waals surface area contributed by atoms with Crippen LogP contribution < -0.4 is 0 Å². The summed E-state index contributed by atoms with van der Waals surface area (Å²) in [6.07, 6.45) is 2.18. The average molecular weight is 376 g/mol. The molecule has 144 valence electrons. The zero-order valence-corrected chi connectivity index (χ0v) is 15.7. The Morgan fingerprint density at radius 3 is 2.79 bits per heavy atom. The minimum Gasteiger partial charge on any atom is -0.494 e. The van der Waals surface area contributed by atoms with Gasteiger partial charge < -0.3 is 19.8 Å². The number of hydrogen-bond donors (Lipinski definition) is 3. The number of aryl methyl sites for hydroxylation is 1. The summed E-state index contributed by atoms with van der Waals surface area (Å²) in [4.78, 5) is 13.6. The van der Waals surface area contributed by atoms with Gasteiger partial charge in [0.15, 0.2) is 0 Å². The fourth-order valence-electron chi connectivity index (χ4n) is 4.03. The van der Waals surface area contributed by atoms with Gasteiger partial charge in [-0.2, -0.15) is 0 Å². The summed E-state index contributed by atoms with van der Waals surface area (Å²) in [6.45, 7) is 4.89. The number of ether oxygens (including phenoxy) is 1. The van der Waals surface area contributed by atoms with Crippen molar-refractivity contribution in [3.63, 3.8) is 0 Å². The number of H-pyrrole nitrogens is 2. The van der Waals surface area contributed by atoms with Crippen LogP contribution in [0.25, 0.3) is 33.3 Å². The second-order valence-corrected chi connectivity index (χ2v) is 7.39. The third-order valence-electron chi connectivity index (χ3n) is 5.51. The number of aromatic hydroxyl groups is 1. The van der Waals surface area contributed by atoms with Crippen molar-refractivity contribution < 1.29 is 9.84 Å². The molecule has 0 amide bonds. The lowest BCUT2D eigenvalue weighted by Crippen LogP contribution is -2.36. The van der Waals surface area contributed by atoms with E-state index in [-0.39, 0.29) is 5.88 Å².